The Labute approximate surface area is 178 Å². The molecule has 0 aromatic heterocycles. The van der Waals surface area contributed by atoms with Crippen LogP contribution in [0.4, 0.5) is 4.39 Å². The third kappa shape index (κ3) is 10.7. The van der Waals surface area contributed by atoms with Gasteiger partial charge < -0.3 is 24.8 Å². The maximum Gasteiger partial charge on any atom is 0.190 e. The zero-order valence-electron chi connectivity index (χ0n) is 15.9. The second-order valence-corrected chi connectivity index (χ2v) is 6.15. The van der Waals surface area contributed by atoms with Crippen LogP contribution in [0.25, 0.3) is 0 Å². The second kappa shape index (κ2) is 14.9. The van der Waals surface area contributed by atoms with Crippen molar-refractivity contribution in [1.29, 1.82) is 0 Å². The molecule has 1 aromatic rings. The minimum atomic E-state index is -0.250. The van der Waals surface area contributed by atoms with Crippen molar-refractivity contribution in [2.75, 3.05) is 46.6 Å². The number of hydrogen-bond donors (Lipinski definition) is 2. The van der Waals surface area contributed by atoms with Crippen LogP contribution in [0.15, 0.2) is 29.3 Å². The van der Waals surface area contributed by atoms with Crippen LogP contribution in [0.3, 0.4) is 0 Å². The molecule has 0 spiro atoms. The third-order valence-corrected chi connectivity index (χ3v) is 4.02. The first-order valence-corrected chi connectivity index (χ1v) is 9.30. The first kappa shape index (κ1) is 23.9. The summed E-state index contributed by atoms with van der Waals surface area (Å²) < 4.78 is 29.4. The van der Waals surface area contributed by atoms with Crippen molar-refractivity contribution in [3.05, 3.63) is 30.1 Å². The number of nitrogens with zero attached hydrogens (tertiary/aromatic N) is 1. The van der Waals surface area contributed by atoms with Crippen molar-refractivity contribution in [2.24, 2.45) is 4.99 Å². The van der Waals surface area contributed by atoms with Crippen LogP contribution in [0, 0.1) is 5.82 Å². The van der Waals surface area contributed by atoms with E-state index in [1.54, 1.807) is 19.2 Å². The molecule has 0 aliphatic carbocycles. The molecule has 27 heavy (non-hydrogen) atoms. The molecule has 1 aromatic carbocycles. The summed E-state index contributed by atoms with van der Waals surface area (Å²) in [4.78, 5) is 4.20. The number of hydrogen-bond acceptors (Lipinski definition) is 4. The highest BCUT2D eigenvalue weighted by Crippen LogP contribution is 2.11. The van der Waals surface area contributed by atoms with Crippen molar-refractivity contribution < 1.29 is 18.6 Å². The van der Waals surface area contributed by atoms with Gasteiger partial charge in [-0.25, -0.2) is 4.39 Å². The molecule has 1 unspecified atom stereocenters. The highest BCUT2D eigenvalue weighted by molar-refractivity contribution is 14.0. The molecule has 6 nitrogen and oxygen atoms in total. The maximum absolute atomic E-state index is 12.8. The SMILES string of the molecule is CN=C(NCCCCOc1ccc(F)cc1)NCCCOC1CCOC1.I. The minimum Gasteiger partial charge on any atom is -0.494 e. The van der Waals surface area contributed by atoms with E-state index in [4.69, 9.17) is 14.2 Å². The zero-order valence-corrected chi connectivity index (χ0v) is 18.2. The van der Waals surface area contributed by atoms with Gasteiger partial charge in [0.2, 0.25) is 0 Å². The van der Waals surface area contributed by atoms with Gasteiger partial charge in [-0.3, -0.25) is 4.99 Å². The summed E-state index contributed by atoms with van der Waals surface area (Å²) in [5, 5.41) is 6.56. The Kier molecular flexibility index (Phi) is 13.2. The van der Waals surface area contributed by atoms with Crippen molar-refractivity contribution in [1.82, 2.24) is 10.6 Å². The molecule has 8 heteroatoms. The summed E-state index contributed by atoms with van der Waals surface area (Å²) in [7, 11) is 1.76. The predicted molar refractivity (Wildman–Crippen MR) is 116 cm³/mol. The molecule has 2 rings (SSSR count). The van der Waals surface area contributed by atoms with Crippen LogP contribution < -0.4 is 15.4 Å². The number of halogens is 2. The Bertz CT molecular complexity index is 525. The van der Waals surface area contributed by atoms with Crippen molar-refractivity contribution in [3.8, 4) is 5.75 Å². The van der Waals surface area contributed by atoms with Crippen LogP contribution in [-0.2, 0) is 9.47 Å². The highest BCUT2D eigenvalue weighted by atomic mass is 127. The average Bonchev–Trinajstić information content (AvgIpc) is 3.17. The van der Waals surface area contributed by atoms with Gasteiger partial charge in [0.25, 0.3) is 0 Å². The summed E-state index contributed by atoms with van der Waals surface area (Å²) in [6.07, 6.45) is 4.08. The number of benzene rings is 1. The fourth-order valence-electron chi connectivity index (χ4n) is 2.55. The lowest BCUT2D eigenvalue weighted by atomic mass is 10.3. The molecule has 1 atom stereocenters. The number of aliphatic imine (C=N–C) groups is 1. The van der Waals surface area contributed by atoms with Crippen molar-refractivity contribution >= 4 is 29.9 Å². The van der Waals surface area contributed by atoms with Crippen LogP contribution in [-0.4, -0.2) is 58.6 Å². The molecule has 0 saturated carbocycles. The van der Waals surface area contributed by atoms with Gasteiger partial charge in [-0.1, -0.05) is 0 Å². The van der Waals surface area contributed by atoms with Gasteiger partial charge in [-0.15, -0.1) is 24.0 Å². The Morgan fingerprint density at radius 2 is 1.89 bits per heavy atom. The maximum atomic E-state index is 12.8. The van der Waals surface area contributed by atoms with Gasteiger partial charge >= 0.3 is 0 Å². The molecule has 1 aliphatic rings. The first-order chi connectivity index (χ1) is 12.8. The number of guanidine groups is 1. The average molecular weight is 495 g/mol. The normalized spacial score (nSPS) is 16.7. The fourth-order valence-corrected chi connectivity index (χ4v) is 2.55. The largest absolute Gasteiger partial charge is 0.494 e. The van der Waals surface area contributed by atoms with Gasteiger partial charge in [0.05, 0.1) is 19.3 Å². The second-order valence-electron chi connectivity index (χ2n) is 6.15. The van der Waals surface area contributed by atoms with Gasteiger partial charge in [-0.05, 0) is 49.9 Å². The zero-order chi connectivity index (χ0) is 18.5. The van der Waals surface area contributed by atoms with E-state index in [9.17, 15) is 4.39 Å². The monoisotopic (exact) mass is 495 g/mol. The number of nitrogens with one attached hydrogen (secondary N) is 2. The lowest BCUT2D eigenvalue weighted by molar-refractivity contribution is 0.0420. The molecule has 1 saturated heterocycles. The van der Waals surface area contributed by atoms with Crippen LogP contribution >= 0.6 is 24.0 Å². The summed E-state index contributed by atoms with van der Waals surface area (Å²) in [5.41, 5.74) is 0. The molecule has 154 valence electrons. The van der Waals surface area contributed by atoms with E-state index in [1.165, 1.54) is 12.1 Å². The van der Waals surface area contributed by atoms with Crippen molar-refractivity contribution in [2.45, 2.75) is 31.8 Å². The Morgan fingerprint density at radius 3 is 2.56 bits per heavy atom. The highest BCUT2D eigenvalue weighted by Gasteiger charge is 2.15. The molecule has 2 N–H and O–H groups in total. The van der Waals surface area contributed by atoms with Crippen molar-refractivity contribution in [3.63, 3.8) is 0 Å². The summed E-state index contributed by atoms with van der Waals surface area (Å²) in [6.45, 7) is 4.53. The molecule has 1 heterocycles. The van der Waals surface area contributed by atoms with E-state index in [-0.39, 0.29) is 35.9 Å². The van der Waals surface area contributed by atoms with E-state index in [2.05, 4.69) is 15.6 Å². The topological polar surface area (TPSA) is 64.1 Å². The van der Waals surface area contributed by atoms with E-state index < -0.39 is 0 Å². The van der Waals surface area contributed by atoms with Gasteiger partial charge in [0, 0.05) is 33.4 Å². The van der Waals surface area contributed by atoms with E-state index >= 15 is 0 Å². The molecular formula is C19H31FIN3O3. The quantitative estimate of drug-likeness (QED) is 0.214. The Hall–Kier alpha value is -1.13. The molecular weight excluding hydrogens is 464 g/mol. The van der Waals surface area contributed by atoms with Gasteiger partial charge in [-0.2, -0.15) is 0 Å². The van der Waals surface area contributed by atoms with Crippen LogP contribution in [0.5, 0.6) is 5.75 Å². The summed E-state index contributed by atoms with van der Waals surface area (Å²) in [5.74, 6) is 1.25. The summed E-state index contributed by atoms with van der Waals surface area (Å²) >= 11 is 0. The molecule has 0 radical (unpaired) electrons. The van der Waals surface area contributed by atoms with E-state index in [0.717, 1.165) is 64.6 Å². The number of ether oxygens (including phenoxy) is 3. The molecule has 0 bridgehead atoms. The smallest absolute Gasteiger partial charge is 0.190 e. The van der Waals surface area contributed by atoms with Gasteiger partial charge in [0.1, 0.15) is 11.6 Å². The number of rotatable bonds is 11. The number of unbranched alkanes of at least 4 members (excludes halogenated alkanes) is 1. The summed E-state index contributed by atoms with van der Waals surface area (Å²) in [6, 6.07) is 6.09. The molecule has 0 amide bonds. The van der Waals surface area contributed by atoms with Gasteiger partial charge in [0.15, 0.2) is 5.96 Å². The lowest BCUT2D eigenvalue weighted by Crippen LogP contribution is -2.38. The Balaban J connectivity index is 0.00000364. The molecule has 1 fully saturated rings. The first-order valence-electron chi connectivity index (χ1n) is 9.30. The van der Waals surface area contributed by atoms with E-state index in [0.29, 0.717) is 12.4 Å². The van der Waals surface area contributed by atoms with Crippen LogP contribution in [0.1, 0.15) is 25.7 Å². The van der Waals surface area contributed by atoms with Crippen LogP contribution in [0.2, 0.25) is 0 Å². The lowest BCUT2D eigenvalue weighted by Gasteiger charge is -2.13. The Morgan fingerprint density at radius 1 is 1.15 bits per heavy atom. The fraction of sp³-hybridized carbons (Fsp3) is 0.632. The minimum absolute atomic E-state index is 0. The molecule has 1 aliphatic heterocycles. The standard InChI is InChI=1S/C19H30FN3O3.HI/c1-21-19(23-11-4-13-26-18-9-14-24-15-18)22-10-2-3-12-25-17-7-5-16(20)6-8-17;/h5-8,18H,2-4,9-15H2,1H3,(H2,21,22,23);1H. The van der Waals surface area contributed by atoms with E-state index in [1.807, 2.05) is 0 Å². The predicted octanol–water partition coefficient (Wildman–Crippen LogP) is 2.96. The third-order valence-electron chi connectivity index (χ3n) is 4.02.